The van der Waals surface area contributed by atoms with Gasteiger partial charge in [0.1, 0.15) is 0 Å². The van der Waals surface area contributed by atoms with Gasteiger partial charge in [-0.05, 0) is 42.9 Å². The Morgan fingerprint density at radius 3 is 3.00 bits per heavy atom. The molecule has 1 N–H and O–H groups in total. The summed E-state index contributed by atoms with van der Waals surface area (Å²) in [6.45, 7) is 0. The van der Waals surface area contributed by atoms with Crippen LogP contribution in [0.5, 0.6) is 0 Å². The molecule has 0 aromatic carbocycles. The first-order valence-corrected chi connectivity index (χ1v) is 4.71. The molecule has 0 saturated heterocycles. The molecule has 5 atom stereocenters. The Balaban J connectivity index is 1.94. The van der Waals surface area contributed by atoms with Gasteiger partial charge in [0, 0.05) is 0 Å². The number of aliphatic hydroxyl groups is 1. The Bertz CT molecular complexity index is 209. The van der Waals surface area contributed by atoms with Crippen molar-refractivity contribution in [2.24, 2.45) is 23.7 Å². The lowest BCUT2D eigenvalue weighted by molar-refractivity contribution is 0.0697. The monoisotopic (exact) mass is 150 g/mol. The highest BCUT2D eigenvalue weighted by molar-refractivity contribution is 5.14. The van der Waals surface area contributed by atoms with Crippen LogP contribution in [0, 0.1) is 23.7 Å². The molecule has 3 aliphatic rings. The van der Waals surface area contributed by atoms with Gasteiger partial charge in [-0.25, -0.2) is 0 Å². The molecule has 3 aliphatic carbocycles. The van der Waals surface area contributed by atoms with Gasteiger partial charge in [-0.3, -0.25) is 0 Å². The van der Waals surface area contributed by atoms with Crippen molar-refractivity contribution < 1.29 is 5.11 Å². The average molecular weight is 150 g/mol. The van der Waals surface area contributed by atoms with E-state index in [0.29, 0.717) is 5.92 Å². The summed E-state index contributed by atoms with van der Waals surface area (Å²) in [4.78, 5) is 0. The van der Waals surface area contributed by atoms with Gasteiger partial charge in [0.05, 0.1) is 6.10 Å². The minimum Gasteiger partial charge on any atom is -0.393 e. The van der Waals surface area contributed by atoms with Crippen molar-refractivity contribution in [2.45, 2.75) is 25.4 Å². The Hall–Kier alpha value is -0.300. The molecular formula is C10H14O. The fourth-order valence-electron chi connectivity index (χ4n) is 3.52. The summed E-state index contributed by atoms with van der Waals surface area (Å²) in [6, 6.07) is 0. The molecular weight excluding hydrogens is 136 g/mol. The van der Waals surface area contributed by atoms with Crippen LogP contribution in [0.3, 0.4) is 0 Å². The molecule has 0 aliphatic heterocycles. The zero-order valence-electron chi connectivity index (χ0n) is 6.61. The lowest BCUT2D eigenvalue weighted by Crippen LogP contribution is -2.27. The third-order valence-corrected chi connectivity index (χ3v) is 3.97. The van der Waals surface area contributed by atoms with E-state index in [0.717, 1.165) is 24.2 Å². The van der Waals surface area contributed by atoms with Gasteiger partial charge >= 0.3 is 0 Å². The fraction of sp³-hybridized carbons (Fsp3) is 0.800. The molecule has 1 nitrogen and oxygen atoms in total. The van der Waals surface area contributed by atoms with E-state index in [9.17, 15) is 5.11 Å². The Kier molecular flexibility index (Phi) is 1.07. The predicted octanol–water partition coefficient (Wildman–Crippen LogP) is 1.58. The summed E-state index contributed by atoms with van der Waals surface area (Å²) in [5.41, 5.74) is 0. The summed E-state index contributed by atoms with van der Waals surface area (Å²) < 4.78 is 0. The molecule has 11 heavy (non-hydrogen) atoms. The SMILES string of the molecule is O[C@@H]1C[C@@H]2C[C@H]1[C@H]1CC=C[C@@H]21. The van der Waals surface area contributed by atoms with Crippen molar-refractivity contribution >= 4 is 0 Å². The maximum Gasteiger partial charge on any atom is 0.0574 e. The van der Waals surface area contributed by atoms with Crippen molar-refractivity contribution in [2.75, 3.05) is 0 Å². The first-order chi connectivity index (χ1) is 5.36. The van der Waals surface area contributed by atoms with Gasteiger partial charge in [0.15, 0.2) is 0 Å². The minimum atomic E-state index is 0.0427. The highest BCUT2D eigenvalue weighted by Gasteiger charge is 2.51. The van der Waals surface area contributed by atoms with Crippen LogP contribution < -0.4 is 0 Å². The molecule has 0 aromatic rings. The van der Waals surface area contributed by atoms with Gasteiger partial charge in [-0.2, -0.15) is 0 Å². The third-order valence-electron chi connectivity index (χ3n) is 3.97. The normalized spacial score (nSPS) is 58.8. The Labute approximate surface area is 67.1 Å². The van der Waals surface area contributed by atoms with Crippen LogP contribution in [0.25, 0.3) is 0 Å². The van der Waals surface area contributed by atoms with Crippen molar-refractivity contribution in [1.82, 2.24) is 0 Å². The lowest BCUT2D eigenvalue weighted by Gasteiger charge is -2.27. The van der Waals surface area contributed by atoms with Gasteiger partial charge in [0.2, 0.25) is 0 Å². The quantitative estimate of drug-likeness (QED) is 0.520. The molecule has 0 aromatic heterocycles. The molecule has 0 amide bonds. The highest BCUT2D eigenvalue weighted by Crippen LogP contribution is 2.56. The van der Waals surface area contributed by atoms with Crippen molar-refractivity contribution in [3.8, 4) is 0 Å². The number of fused-ring (bicyclic) bond motifs is 5. The smallest absolute Gasteiger partial charge is 0.0574 e. The largest absolute Gasteiger partial charge is 0.393 e. The maximum absolute atomic E-state index is 9.64. The van der Waals surface area contributed by atoms with E-state index < -0.39 is 0 Å². The minimum absolute atomic E-state index is 0.0427. The molecule has 0 spiro atoms. The average Bonchev–Trinajstić information content (AvgIpc) is 2.52. The van der Waals surface area contributed by atoms with Gasteiger partial charge in [-0.1, -0.05) is 12.2 Å². The van der Waals surface area contributed by atoms with E-state index in [1.807, 2.05) is 0 Å². The van der Waals surface area contributed by atoms with Crippen LogP contribution in [0.1, 0.15) is 19.3 Å². The van der Waals surface area contributed by atoms with E-state index >= 15 is 0 Å². The lowest BCUT2D eigenvalue weighted by atomic mass is 9.80. The van der Waals surface area contributed by atoms with Crippen LogP contribution in [-0.2, 0) is 0 Å². The van der Waals surface area contributed by atoms with Gasteiger partial charge < -0.3 is 5.11 Å². The number of rotatable bonds is 0. The Morgan fingerprint density at radius 2 is 2.09 bits per heavy atom. The van der Waals surface area contributed by atoms with E-state index in [1.165, 1.54) is 12.8 Å². The number of aliphatic hydroxyl groups excluding tert-OH is 1. The summed E-state index contributed by atoms with van der Waals surface area (Å²) in [7, 11) is 0. The van der Waals surface area contributed by atoms with Crippen LogP contribution >= 0.6 is 0 Å². The van der Waals surface area contributed by atoms with Crippen LogP contribution in [-0.4, -0.2) is 11.2 Å². The summed E-state index contributed by atoms with van der Waals surface area (Å²) in [6.07, 6.45) is 8.37. The second-order valence-electron chi connectivity index (χ2n) is 4.37. The van der Waals surface area contributed by atoms with E-state index in [-0.39, 0.29) is 6.10 Å². The van der Waals surface area contributed by atoms with Crippen molar-refractivity contribution in [3.05, 3.63) is 12.2 Å². The van der Waals surface area contributed by atoms with Crippen molar-refractivity contribution in [3.63, 3.8) is 0 Å². The Morgan fingerprint density at radius 1 is 1.18 bits per heavy atom. The number of hydrogen-bond donors (Lipinski definition) is 1. The fourth-order valence-corrected chi connectivity index (χ4v) is 3.52. The van der Waals surface area contributed by atoms with E-state index in [4.69, 9.17) is 0 Å². The summed E-state index contributed by atoms with van der Waals surface area (Å²) in [5.74, 6) is 3.16. The van der Waals surface area contributed by atoms with Crippen molar-refractivity contribution in [1.29, 1.82) is 0 Å². The third kappa shape index (κ3) is 0.652. The second-order valence-corrected chi connectivity index (χ2v) is 4.37. The molecule has 60 valence electrons. The molecule has 0 heterocycles. The van der Waals surface area contributed by atoms with E-state index in [1.54, 1.807) is 0 Å². The summed E-state index contributed by atoms with van der Waals surface area (Å²) >= 11 is 0. The first kappa shape index (κ1) is 6.24. The molecule has 2 fully saturated rings. The second kappa shape index (κ2) is 1.89. The molecule has 0 radical (unpaired) electrons. The zero-order chi connectivity index (χ0) is 7.42. The van der Waals surface area contributed by atoms with Crippen LogP contribution in [0.2, 0.25) is 0 Å². The standard InChI is InChI=1S/C10H14O/c11-10-5-6-4-9(10)8-3-1-2-7(6)8/h1-2,6-11H,3-5H2/t6-,7-,8-,9-,10+/m0/s1. The molecule has 2 bridgehead atoms. The molecule has 2 saturated carbocycles. The zero-order valence-corrected chi connectivity index (χ0v) is 6.61. The number of hydrogen-bond acceptors (Lipinski definition) is 1. The highest BCUT2D eigenvalue weighted by atomic mass is 16.3. The van der Waals surface area contributed by atoms with Gasteiger partial charge in [-0.15, -0.1) is 0 Å². The molecule has 3 rings (SSSR count). The number of allylic oxidation sites excluding steroid dienone is 2. The molecule has 0 unspecified atom stereocenters. The first-order valence-electron chi connectivity index (χ1n) is 4.71. The summed E-state index contributed by atoms with van der Waals surface area (Å²) in [5, 5.41) is 9.64. The van der Waals surface area contributed by atoms with Crippen LogP contribution in [0.4, 0.5) is 0 Å². The predicted molar refractivity (Wildman–Crippen MR) is 43.0 cm³/mol. The molecule has 1 heteroatoms. The van der Waals surface area contributed by atoms with E-state index in [2.05, 4.69) is 12.2 Å². The maximum atomic E-state index is 9.64. The topological polar surface area (TPSA) is 20.2 Å². The van der Waals surface area contributed by atoms with Crippen LogP contribution in [0.15, 0.2) is 12.2 Å². The van der Waals surface area contributed by atoms with Gasteiger partial charge in [0.25, 0.3) is 0 Å².